The highest BCUT2D eigenvalue weighted by Crippen LogP contribution is 2.22. The number of hydrogen-bond acceptors (Lipinski definition) is 5. The molecule has 0 aromatic carbocycles. The monoisotopic (exact) mass is 229 g/mol. The number of hydrogen-bond donors (Lipinski definition) is 1. The van der Waals surface area contributed by atoms with E-state index in [0.717, 1.165) is 32.4 Å². The molecule has 0 spiro atoms. The average molecular weight is 229 g/mol. The molecule has 2 saturated heterocycles. The summed E-state index contributed by atoms with van der Waals surface area (Å²) in [5.41, 5.74) is 0. The lowest BCUT2D eigenvalue weighted by molar-refractivity contribution is 0.00956. The smallest absolute Gasteiger partial charge is 0.435 e. The molecule has 0 aromatic heterocycles. The van der Waals surface area contributed by atoms with Crippen LogP contribution in [0.3, 0.4) is 0 Å². The Balaban J connectivity index is 1.70. The Morgan fingerprint density at radius 1 is 1.56 bits per heavy atom. The first-order chi connectivity index (χ1) is 7.78. The Hall–Kier alpha value is -0.810. The Bertz CT molecular complexity index is 242. The van der Waals surface area contributed by atoms with E-state index in [4.69, 9.17) is 14.2 Å². The summed E-state index contributed by atoms with van der Waals surface area (Å²) in [6.45, 7) is 3.91. The van der Waals surface area contributed by atoms with E-state index in [0.29, 0.717) is 18.8 Å². The van der Waals surface area contributed by atoms with E-state index in [1.54, 1.807) is 6.92 Å². The molecule has 5 nitrogen and oxygen atoms in total. The van der Waals surface area contributed by atoms with Crippen LogP contribution >= 0.6 is 0 Å². The van der Waals surface area contributed by atoms with E-state index in [9.17, 15) is 4.79 Å². The van der Waals surface area contributed by atoms with Crippen molar-refractivity contribution in [3.8, 4) is 0 Å². The molecule has 5 heteroatoms. The third-order valence-electron chi connectivity index (χ3n) is 2.92. The summed E-state index contributed by atoms with van der Waals surface area (Å²) in [6, 6.07) is 0.403. The van der Waals surface area contributed by atoms with Crippen molar-refractivity contribution >= 4 is 6.16 Å². The molecule has 2 aliphatic heterocycles. The normalized spacial score (nSPS) is 33.2. The molecule has 2 rings (SSSR count). The molecule has 92 valence electrons. The van der Waals surface area contributed by atoms with Crippen LogP contribution in [0.25, 0.3) is 0 Å². The highest BCUT2D eigenvalue weighted by molar-refractivity contribution is 5.60. The van der Waals surface area contributed by atoms with Crippen LogP contribution in [0, 0.1) is 0 Å². The van der Waals surface area contributed by atoms with Crippen LogP contribution in [0.2, 0.25) is 0 Å². The molecule has 0 bridgehead atoms. The minimum atomic E-state index is -0.546. The zero-order chi connectivity index (χ0) is 11.4. The fourth-order valence-corrected chi connectivity index (χ4v) is 2.06. The largest absolute Gasteiger partial charge is 0.508 e. The Labute approximate surface area is 95.4 Å². The van der Waals surface area contributed by atoms with Gasteiger partial charge in [-0.25, -0.2) is 4.79 Å². The van der Waals surface area contributed by atoms with Gasteiger partial charge in [0.05, 0.1) is 19.3 Å². The predicted octanol–water partition coefficient (Wildman–Crippen LogP) is 1.07. The molecule has 2 fully saturated rings. The summed E-state index contributed by atoms with van der Waals surface area (Å²) < 4.78 is 15.2. The zero-order valence-corrected chi connectivity index (χ0v) is 9.61. The van der Waals surface area contributed by atoms with E-state index < -0.39 is 6.16 Å². The van der Waals surface area contributed by atoms with Crippen LogP contribution < -0.4 is 5.32 Å². The number of piperidine rings is 1. The van der Waals surface area contributed by atoms with Crippen molar-refractivity contribution in [1.82, 2.24) is 5.32 Å². The minimum Gasteiger partial charge on any atom is -0.435 e. The molecule has 0 aromatic rings. The van der Waals surface area contributed by atoms with E-state index in [-0.39, 0.29) is 6.10 Å². The summed E-state index contributed by atoms with van der Waals surface area (Å²) >= 11 is 0. The maximum Gasteiger partial charge on any atom is 0.508 e. The van der Waals surface area contributed by atoms with E-state index in [2.05, 4.69) is 5.32 Å². The van der Waals surface area contributed by atoms with Gasteiger partial charge in [-0.05, 0) is 32.7 Å². The third kappa shape index (κ3) is 3.64. The number of ether oxygens (including phenoxy) is 3. The highest BCUT2D eigenvalue weighted by atomic mass is 16.7. The Morgan fingerprint density at radius 3 is 3.06 bits per heavy atom. The van der Waals surface area contributed by atoms with Crippen molar-refractivity contribution in [3.05, 3.63) is 0 Å². The number of carbonyl (C=O) groups excluding carboxylic acids is 1. The second-order valence-corrected chi connectivity index (χ2v) is 4.29. The molecular weight excluding hydrogens is 210 g/mol. The fourth-order valence-electron chi connectivity index (χ4n) is 2.06. The average Bonchev–Trinajstić information content (AvgIpc) is 3.02. The molecule has 16 heavy (non-hydrogen) atoms. The van der Waals surface area contributed by atoms with Gasteiger partial charge in [0.15, 0.2) is 0 Å². The quantitative estimate of drug-likeness (QED) is 0.577. The molecule has 3 atom stereocenters. The van der Waals surface area contributed by atoms with Gasteiger partial charge in [-0.2, -0.15) is 0 Å². The highest BCUT2D eigenvalue weighted by Gasteiger charge is 2.31. The summed E-state index contributed by atoms with van der Waals surface area (Å²) in [4.78, 5) is 11.2. The zero-order valence-electron chi connectivity index (χ0n) is 9.61. The van der Waals surface area contributed by atoms with Crippen LogP contribution in [0.4, 0.5) is 4.79 Å². The lowest BCUT2D eigenvalue weighted by Crippen LogP contribution is -2.42. The number of rotatable bonds is 4. The van der Waals surface area contributed by atoms with Crippen LogP contribution in [-0.4, -0.2) is 44.2 Å². The second-order valence-electron chi connectivity index (χ2n) is 4.29. The van der Waals surface area contributed by atoms with Crippen LogP contribution in [0.5, 0.6) is 0 Å². The van der Waals surface area contributed by atoms with Crippen molar-refractivity contribution in [2.24, 2.45) is 0 Å². The lowest BCUT2D eigenvalue weighted by Gasteiger charge is -2.29. The van der Waals surface area contributed by atoms with E-state index in [1.165, 1.54) is 0 Å². The standard InChI is InChI=1S/C11H19NO4/c1-2-14-11(13)16-9-3-4-12-8(5-9)6-10-7-15-10/h8-10,12H,2-7H2,1H3/t8-,9?,10?/m0/s1. The molecular formula is C11H19NO4. The maximum atomic E-state index is 11.2. The molecule has 0 saturated carbocycles. The number of nitrogens with one attached hydrogen (secondary N) is 1. The second kappa shape index (κ2) is 5.50. The summed E-state index contributed by atoms with van der Waals surface area (Å²) in [5, 5.41) is 3.41. The van der Waals surface area contributed by atoms with Gasteiger partial charge in [0.2, 0.25) is 0 Å². The number of carbonyl (C=O) groups is 1. The molecule has 1 N–H and O–H groups in total. The van der Waals surface area contributed by atoms with E-state index >= 15 is 0 Å². The van der Waals surface area contributed by atoms with Crippen LogP contribution in [-0.2, 0) is 14.2 Å². The fraction of sp³-hybridized carbons (Fsp3) is 0.909. The Morgan fingerprint density at radius 2 is 2.38 bits per heavy atom. The first kappa shape index (κ1) is 11.7. The van der Waals surface area contributed by atoms with Gasteiger partial charge in [-0.15, -0.1) is 0 Å². The minimum absolute atomic E-state index is 0.0101. The topological polar surface area (TPSA) is 60.1 Å². The molecule has 2 aliphatic rings. The molecule has 0 amide bonds. The Kier molecular flexibility index (Phi) is 4.01. The van der Waals surface area contributed by atoms with Crippen LogP contribution in [0.1, 0.15) is 26.2 Å². The SMILES string of the molecule is CCOC(=O)OC1CCN[C@H](CC2CO2)C1. The van der Waals surface area contributed by atoms with Crippen molar-refractivity contribution in [2.45, 2.75) is 44.4 Å². The van der Waals surface area contributed by atoms with Crippen molar-refractivity contribution in [3.63, 3.8) is 0 Å². The van der Waals surface area contributed by atoms with Crippen molar-refractivity contribution in [2.75, 3.05) is 19.8 Å². The van der Waals surface area contributed by atoms with Gasteiger partial charge in [0.1, 0.15) is 6.10 Å². The van der Waals surface area contributed by atoms with Gasteiger partial charge in [-0.1, -0.05) is 0 Å². The lowest BCUT2D eigenvalue weighted by atomic mass is 9.98. The van der Waals surface area contributed by atoms with Gasteiger partial charge < -0.3 is 19.5 Å². The van der Waals surface area contributed by atoms with Crippen molar-refractivity contribution < 1.29 is 19.0 Å². The molecule has 0 aliphatic carbocycles. The maximum absolute atomic E-state index is 11.2. The third-order valence-corrected chi connectivity index (χ3v) is 2.92. The van der Waals surface area contributed by atoms with Crippen LogP contribution in [0.15, 0.2) is 0 Å². The van der Waals surface area contributed by atoms with E-state index in [1.807, 2.05) is 0 Å². The molecule has 2 heterocycles. The number of epoxide rings is 1. The summed E-state index contributed by atoms with van der Waals surface area (Å²) in [7, 11) is 0. The molecule has 0 radical (unpaired) electrons. The first-order valence-corrected chi connectivity index (χ1v) is 5.96. The van der Waals surface area contributed by atoms with Gasteiger partial charge in [-0.3, -0.25) is 0 Å². The van der Waals surface area contributed by atoms with Gasteiger partial charge >= 0.3 is 6.16 Å². The predicted molar refractivity (Wildman–Crippen MR) is 57.3 cm³/mol. The van der Waals surface area contributed by atoms with Gasteiger partial charge in [0, 0.05) is 6.04 Å². The molecule has 2 unspecified atom stereocenters. The van der Waals surface area contributed by atoms with Crippen molar-refractivity contribution in [1.29, 1.82) is 0 Å². The summed E-state index contributed by atoms with van der Waals surface area (Å²) in [6.07, 6.45) is 2.60. The summed E-state index contributed by atoms with van der Waals surface area (Å²) in [5.74, 6) is 0. The van der Waals surface area contributed by atoms with Gasteiger partial charge in [0.25, 0.3) is 0 Å². The first-order valence-electron chi connectivity index (χ1n) is 5.96.